The largest absolute Gasteiger partial charge is 0.462 e. The average molecular weight is 183 g/mol. The predicted molar refractivity (Wildman–Crippen MR) is 46.3 cm³/mol. The normalized spacial score (nSPS) is 37.5. The summed E-state index contributed by atoms with van der Waals surface area (Å²) in [6.45, 7) is 3.84. The summed E-state index contributed by atoms with van der Waals surface area (Å²) in [5.41, 5.74) is 0.821. The molecule has 0 amide bonds. The van der Waals surface area contributed by atoms with E-state index in [9.17, 15) is 4.79 Å². The standard InChI is InChI=1S/C9H13NO3/c1-3-6-8-7(13-10-6)4-5(2)12-9(8)11/h5,7-8H,3-4H2,1-2H3/t5-,7-,8-/m1/s1. The molecule has 0 aliphatic carbocycles. The number of ether oxygens (including phenoxy) is 1. The molecule has 4 nitrogen and oxygen atoms in total. The molecule has 0 aromatic heterocycles. The van der Waals surface area contributed by atoms with Crippen molar-refractivity contribution in [2.75, 3.05) is 0 Å². The molecule has 0 radical (unpaired) electrons. The number of fused-ring (bicyclic) bond motifs is 1. The predicted octanol–water partition coefficient (Wildman–Crippen LogP) is 1.10. The molecule has 2 aliphatic rings. The first-order chi connectivity index (χ1) is 6.22. The molecule has 1 saturated heterocycles. The second-order valence-electron chi connectivity index (χ2n) is 3.54. The molecule has 1 fully saturated rings. The van der Waals surface area contributed by atoms with Gasteiger partial charge in [0.25, 0.3) is 0 Å². The van der Waals surface area contributed by atoms with Gasteiger partial charge in [-0.2, -0.15) is 0 Å². The molecule has 0 N–H and O–H groups in total. The fourth-order valence-electron chi connectivity index (χ4n) is 1.87. The van der Waals surface area contributed by atoms with Crippen LogP contribution in [0.15, 0.2) is 5.16 Å². The van der Waals surface area contributed by atoms with Gasteiger partial charge in [0.05, 0.1) is 5.71 Å². The highest BCUT2D eigenvalue weighted by Gasteiger charge is 2.45. The minimum absolute atomic E-state index is 0.0415. The molecule has 4 heteroatoms. The zero-order valence-corrected chi connectivity index (χ0v) is 7.82. The van der Waals surface area contributed by atoms with Gasteiger partial charge in [0, 0.05) is 6.42 Å². The minimum atomic E-state index is -0.235. The Balaban J connectivity index is 2.17. The monoisotopic (exact) mass is 183 g/mol. The molecule has 3 atom stereocenters. The van der Waals surface area contributed by atoms with E-state index in [4.69, 9.17) is 9.57 Å². The first kappa shape index (κ1) is 8.53. The summed E-state index contributed by atoms with van der Waals surface area (Å²) in [6, 6.07) is 0. The Hall–Kier alpha value is -1.06. The van der Waals surface area contributed by atoms with E-state index < -0.39 is 0 Å². The number of cyclic esters (lactones) is 1. The molecule has 0 aromatic carbocycles. The molecule has 2 rings (SSSR count). The Morgan fingerprint density at radius 3 is 3.08 bits per heavy atom. The maximum Gasteiger partial charge on any atom is 0.319 e. The summed E-state index contributed by atoms with van der Waals surface area (Å²) >= 11 is 0. The van der Waals surface area contributed by atoms with Gasteiger partial charge >= 0.3 is 5.97 Å². The van der Waals surface area contributed by atoms with Gasteiger partial charge in [0.2, 0.25) is 0 Å². The van der Waals surface area contributed by atoms with Crippen molar-refractivity contribution in [3.05, 3.63) is 0 Å². The van der Waals surface area contributed by atoms with E-state index in [2.05, 4.69) is 5.16 Å². The lowest BCUT2D eigenvalue weighted by molar-refractivity contribution is -0.164. The van der Waals surface area contributed by atoms with E-state index in [-0.39, 0.29) is 24.1 Å². The van der Waals surface area contributed by atoms with Crippen molar-refractivity contribution in [3.63, 3.8) is 0 Å². The number of hydrogen-bond donors (Lipinski definition) is 0. The van der Waals surface area contributed by atoms with Crippen LogP contribution in [0.4, 0.5) is 0 Å². The van der Waals surface area contributed by atoms with Crippen LogP contribution in [0, 0.1) is 5.92 Å². The molecule has 0 unspecified atom stereocenters. The SMILES string of the molecule is CCC1=NO[C@@H]2C[C@@H](C)OC(=O)[C@H]12. The summed E-state index contributed by atoms with van der Waals surface area (Å²) in [4.78, 5) is 16.7. The third-order valence-electron chi connectivity index (χ3n) is 2.53. The third kappa shape index (κ3) is 1.30. The number of carbonyl (C=O) groups is 1. The van der Waals surface area contributed by atoms with E-state index >= 15 is 0 Å². The number of rotatable bonds is 1. The van der Waals surface area contributed by atoms with E-state index in [0.717, 1.165) is 18.6 Å². The van der Waals surface area contributed by atoms with Gasteiger partial charge in [-0.3, -0.25) is 4.79 Å². The molecule has 2 aliphatic heterocycles. The maximum absolute atomic E-state index is 11.5. The van der Waals surface area contributed by atoms with Crippen LogP contribution in [0.2, 0.25) is 0 Å². The number of hydrogen-bond acceptors (Lipinski definition) is 4. The average Bonchev–Trinajstić information content (AvgIpc) is 2.47. The molecular weight excluding hydrogens is 170 g/mol. The van der Waals surface area contributed by atoms with Gasteiger partial charge in [0.15, 0.2) is 0 Å². The van der Waals surface area contributed by atoms with Crippen molar-refractivity contribution in [1.82, 2.24) is 0 Å². The van der Waals surface area contributed by atoms with Gasteiger partial charge in [-0.25, -0.2) is 0 Å². The van der Waals surface area contributed by atoms with Crippen LogP contribution < -0.4 is 0 Å². The van der Waals surface area contributed by atoms with Crippen LogP contribution in [0.25, 0.3) is 0 Å². The lowest BCUT2D eigenvalue weighted by atomic mass is 9.90. The van der Waals surface area contributed by atoms with Crippen molar-refractivity contribution in [2.24, 2.45) is 11.1 Å². The molecular formula is C9H13NO3. The quantitative estimate of drug-likeness (QED) is 0.572. The summed E-state index contributed by atoms with van der Waals surface area (Å²) in [5.74, 6) is -0.414. The smallest absolute Gasteiger partial charge is 0.319 e. The van der Waals surface area contributed by atoms with Crippen LogP contribution in [0.1, 0.15) is 26.7 Å². The van der Waals surface area contributed by atoms with Gasteiger partial charge in [-0.1, -0.05) is 12.1 Å². The molecule has 13 heavy (non-hydrogen) atoms. The maximum atomic E-state index is 11.5. The van der Waals surface area contributed by atoms with Gasteiger partial charge in [-0.05, 0) is 13.3 Å². The van der Waals surface area contributed by atoms with Gasteiger partial charge < -0.3 is 9.57 Å². The van der Waals surface area contributed by atoms with Crippen LogP contribution >= 0.6 is 0 Å². The fraction of sp³-hybridized carbons (Fsp3) is 0.778. The molecule has 0 saturated carbocycles. The Morgan fingerprint density at radius 2 is 2.38 bits per heavy atom. The van der Waals surface area contributed by atoms with E-state index in [1.54, 1.807) is 0 Å². The van der Waals surface area contributed by atoms with E-state index in [1.807, 2.05) is 13.8 Å². The summed E-state index contributed by atoms with van der Waals surface area (Å²) in [5, 5.41) is 3.90. The minimum Gasteiger partial charge on any atom is -0.462 e. The zero-order chi connectivity index (χ0) is 9.42. The van der Waals surface area contributed by atoms with Crippen LogP contribution in [-0.4, -0.2) is 23.9 Å². The first-order valence-corrected chi connectivity index (χ1v) is 4.65. The van der Waals surface area contributed by atoms with Gasteiger partial charge in [-0.15, -0.1) is 0 Å². The molecule has 0 spiro atoms. The lowest BCUT2D eigenvalue weighted by Crippen LogP contribution is -2.41. The van der Waals surface area contributed by atoms with Crippen LogP contribution in [0.5, 0.6) is 0 Å². The highest BCUT2D eigenvalue weighted by molar-refractivity contribution is 6.03. The highest BCUT2D eigenvalue weighted by atomic mass is 16.7. The Bertz CT molecular complexity index is 262. The number of carbonyl (C=O) groups excluding carboxylic acids is 1. The van der Waals surface area contributed by atoms with Crippen molar-refractivity contribution >= 4 is 11.7 Å². The highest BCUT2D eigenvalue weighted by Crippen LogP contribution is 2.30. The zero-order valence-electron chi connectivity index (χ0n) is 7.82. The van der Waals surface area contributed by atoms with Crippen molar-refractivity contribution in [3.8, 4) is 0 Å². The number of nitrogens with zero attached hydrogens (tertiary/aromatic N) is 1. The first-order valence-electron chi connectivity index (χ1n) is 4.65. The number of esters is 1. The van der Waals surface area contributed by atoms with Gasteiger partial charge in [0.1, 0.15) is 18.1 Å². The topological polar surface area (TPSA) is 47.9 Å². The van der Waals surface area contributed by atoms with Crippen molar-refractivity contribution < 1.29 is 14.4 Å². The molecule has 72 valence electrons. The fourth-order valence-corrected chi connectivity index (χ4v) is 1.87. The summed E-state index contributed by atoms with van der Waals surface area (Å²) in [7, 11) is 0. The van der Waals surface area contributed by atoms with E-state index in [0.29, 0.717) is 0 Å². The number of oxime groups is 1. The van der Waals surface area contributed by atoms with Crippen LogP contribution in [0.3, 0.4) is 0 Å². The third-order valence-corrected chi connectivity index (χ3v) is 2.53. The second-order valence-corrected chi connectivity index (χ2v) is 3.54. The molecule has 2 heterocycles. The Kier molecular flexibility index (Phi) is 1.98. The summed E-state index contributed by atoms with van der Waals surface area (Å²) < 4.78 is 5.13. The summed E-state index contributed by atoms with van der Waals surface area (Å²) in [6.07, 6.45) is 1.39. The molecule has 0 bridgehead atoms. The second kappa shape index (κ2) is 3.01. The van der Waals surface area contributed by atoms with E-state index in [1.165, 1.54) is 0 Å². The Labute approximate surface area is 76.9 Å². The van der Waals surface area contributed by atoms with Crippen molar-refractivity contribution in [2.45, 2.75) is 38.9 Å². The van der Waals surface area contributed by atoms with Crippen molar-refractivity contribution in [1.29, 1.82) is 0 Å². The van der Waals surface area contributed by atoms with Crippen LogP contribution in [-0.2, 0) is 14.4 Å². The molecule has 0 aromatic rings. The Morgan fingerprint density at radius 1 is 1.62 bits per heavy atom. The lowest BCUT2D eigenvalue weighted by Gasteiger charge is -2.27.